The maximum absolute atomic E-state index is 11.2. The highest BCUT2D eigenvalue weighted by molar-refractivity contribution is 5.70. The normalized spacial score (nSPS) is 13.7. The Kier molecular flexibility index (Phi) is 6.52. The fourth-order valence-corrected chi connectivity index (χ4v) is 0.921. The van der Waals surface area contributed by atoms with Crippen molar-refractivity contribution in [2.24, 2.45) is 5.73 Å². The third-order valence-electron chi connectivity index (χ3n) is 1.83. The van der Waals surface area contributed by atoms with Crippen LogP contribution in [-0.2, 0) is 14.3 Å². The van der Waals surface area contributed by atoms with E-state index >= 15 is 0 Å². The molecule has 0 amide bonds. The fourth-order valence-electron chi connectivity index (χ4n) is 0.921. The van der Waals surface area contributed by atoms with Crippen molar-refractivity contribution < 1.29 is 14.3 Å². The quantitative estimate of drug-likeness (QED) is 0.540. The lowest BCUT2D eigenvalue weighted by atomic mass is 10.2. The number of hydrogen-bond acceptors (Lipinski definition) is 4. The van der Waals surface area contributed by atoms with Gasteiger partial charge in [-0.2, -0.15) is 0 Å². The molecule has 0 aromatic carbocycles. The molecule has 0 saturated carbocycles. The summed E-state index contributed by atoms with van der Waals surface area (Å²) in [5.74, 6) is -0.248. The van der Waals surface area contributed by atoms with Crippen molar-refractivity contribution in [2.75, 3.05) is 13.2 Å². The van der Waals surface area contributed by atoms with Gasteiger partial charge in [-0.25, -0.2) is 0 Å². The molecule has 0 aliphatic carbocycles. The molecule has 1 atom stereocenters. The fraction of sp³-hybridized carbons (Fsp3) is 0.909. The second-order valence-corrected chi connectivity index (χ2v) is 4.55. The van der Waals surface area contributed by atoms with E-state index in [1.54, 1.807) is 0 Å². The van der Waals surface area contributed by atoms with E-state index in [1.165, 1.54) is 0 Å². The first-order chi connectivity index (χ1) is 6.85. The van der Waals surface area contributed by atoms with Crippen molar-refractivity contribution in [3.63, 3.8) is 0 Å². The Labute approximate surface area is 92.1 Å². The van der Waals surface area contributed by atoms with Crippen molar-refractivity contribution in [1.82, 2.24) is 0 Å². The number of ether oxygens (including phenoxy) is 2. The maximum Gasteiger partial charge on any atom is 0.307 e. The van der Waals surface area contributed by atoms with Crippen LogP contribution >= 0.6 is 0 Å². The van der Waals surface area contributed by atoms with E-state index in [4.69, 9.17) is 15.2 Å². The number of nitrogens with two attached hydrogens (primary N) is 1. The molecule has 0 saturated heterocycles. The maximum atomic E-state index is 11.2. The van der Waals surface area contributed by atoms with Gasteiger partial charge < -0.3 is 15.2 Å². The van der Waals surface area contributed by atoms with Gasteiger partial charge in [0.25, 0.3) is 0 Å². The second kappa shape index (κ2) is 6.80. The van der Waals surface area contributed by atoms with Crippen LogP contribution in [0.4, 0.5) is 0 Å². The van der Waals surface area contributed by atoms with Gasteiger partial charge in [0, 0.05) is 6.04 Å². The van der Waals surface area contributed by atoms with Gasteiger partial charge >= 0.3 is 5.97 Å². The van der Waals surface area contributed by atoms with Crippen molar-refractivity contribution in [3.05, 3.63) is 0 Å². The Hall–Kier alpha value is -0.610. The van der Waals surface area contributed by atoms with Crippen molar-refractivity contribution in [3.8, 4) is 0 Å². The molecule has 2 N–H and O–H groups in total. The molecule has 0 rings (SSSR count). The van der Waals surface area contributed by atoms with E-state index in [1.807, 2.05) is 27.7 Å². The SMILES string of the molecule is CCC(N)CC(=O)OCCOC(C)(C)C. The van der Waals surface area contributed by atoms with Gasteiger partial charge in [0.2, 0.25) is 0 Å². The van der Waals surface area contributed by atoms with E-state index in [-0.39, 0.29) is 24.0 Å². The van der Waals surface area contributed by atoms with Crippen LogP contribution in [0.15, 0.2) is 0 Å². The molecule has 90 valence electrons. The molecule has 0 fully saturated rings. The lowest BCUT2D eigenvalue weighted by Gasteiger charge is -2.19. The average Bonchev–Trinajstić information content (AvgIpc) is 2.11. The first kappa shape index (κ1) is 14.4. The summed E-state index contributed by atoms with van der Waals surface area (Å²) in [7, 11) is 0. The molecule has 0 bridgehead atoms. The molecule has 0 aromatic rings. The Morgan fingerprint density at radius 3 is 2.40 bits per heavy atom. The first-order valence-corrected chi connectivity index (χ1v) is 5.40. The second-order valence-electron chi connectivity index (χ2n) is 4.55. The molecular formula is C11H23NO3. The lowest BCUT2D eigenvalue weighted by molar-refractivity contribution is -0.147. The van der Waals surface area contributed by atoms with Gasteiger partial charge in [-0.15, -0.1) is 0 Å². The number of carbonyl (C=O) groups excluding carboxylic acids is 1. The molecule has 0 radical (unpaired) electrons. The van der Waals surface area contributed by atoms with E-state index in [2.05, 4.69) is 0 Å². The minimum absolute atomic E-state index is 0.0963. The Bertz CT molecular complexity index is 187. The summed E-state index contributed by atoms with van der Waals surface area (Å²) in [6.07, 6.45) is 1.07. The number of hydrogen-bond donors (Lipinski definition) is 1. The number of rotatable bonds is 6. The lowest BCUT2D eigenvalue weighted by Crippen LogP contribution is -2.26. The molecule has 0 heterocycles. The summed E-state index contributed by atoms with van der Waals surface area (Å²) >= 11 is 0. The molecule has 1 unspecified atom stereocenters. The summed E-state index contributed by atoms with van der Waals surface area (Å²) in [5, 5.41) is 0. The van der Waals surface area contributed by atoms with Crippen LogP contribution in [0.3, 0.4) is 0 Å². The van der Waals surface area contributed by atoms with E-state index in [9.17, 15) is 4.79 Å². The van der Waals surface area contributed by atoms with Gasteiger partial charge in [-0.05, 0) is 27.2 Å². The Balaban J connectivity index is 3.48. The predicted octanol–water partition coefficient (Wildman–Crippen LogP) is 1.47. The molecule has 0 spiro atoms. The summed E-state index contributed by atoms with van der Waals surface area (Å²) in [6.45, 7) is 8.55. The summed E-state index contributed by atoms with van der Waals surface area (Å²) in [5.41, 5.74) is 5.43. The highest BCUT2D eigenvalue weighted by Crippen LogP contribution is 2.05. The molecular weight excluding hydrogens is 194 g/mol. The van der Waals surface area contributed by atoms with Crippen LogP contribution in [-0.4, -0.2) is 30.8 Å². The molecule has 0 aliphatic heterocycles. The molecule has 15 heavy (non-hydrogen) atoms. The molecule has 4 heteroatoms. The predicted molar refractivity (Wildman–Crippen MR) is 59.5 cm³/mol. The minimum Gasteiger partial charge on any atom is -0.463 e. The van der Waals surface area contributed by atoms with Crippen LogP contribution < -0.4 is 5.73 Å². The minimum atomic E-state index is -0.248. The zero-order chi connectivity index (χ0) is 11.9. The van der Waals surface area contributed by atoms with Crippen LogP contribution in [0.25, 0.3) is 0 Å². The smallest absolute Gasteiger partial charge is 0.307 e. The van der Waals surface area contributed by atoms with Gasteiger partial charge in [-0.3, -0.25) is 4.79 Å². The third-order valence-corrected chi connectivity index (χ3v) is 1.83. The van der Waals surface area contributed by atoms with Crippen LogP contribution in [0.5, 0.6) is 0 Å². The number of esters is 1. The van der Waals surface area contributed by atoms with E-state index < -0.39 is 0 Å². The average molecular weight is 217 g/mol. The summed E-state index contributed by atoms with van der Waals surface area (Å²) in [6, 6.07) is -0.0963. The van der Waals surface area contributed by atoms with Crippen LogP contribution in [0.2, 0.25) is 0 Å². The standard InChI is InChI=1S/C11H23NO3/c1-5-9(12)8-10(13)14-6-7-15-11(2,3)4/h9H,5-8,12H2,1-4H3. The zero-order valence-electron chi connectivity index (χ0n) is 10.2. The Morgan fingerprint density at radius 2 is 1.93 bits per heavy atom. The molecule has 0 aromatic heterocycles. The van der Waals surface area contributed by atoms with Crippen molar-refractivity contribution in [1.29, 1.82) is 0 Å². The monoisotopic (exact) mass is 217 g/mol. The highest BCUT2D eigenvalue weighted by Gasteiger charge is 2.11. The Morgan fingerprint density at radius 1 is 1.33 bits per heavy atom. The first-order valence-electron chi connectivity index (χ1n) is 5.40. The van der Waals surface area contributed by atoms with E-state index in [0.717, 1.165) is 6.42 Å². The largest absolute Gasteiger partial charge is 0.463 e. The third kappa shape index (κ3) is 9.69. The van der Waals surface area contributed by atoms with Gasteiger partial charge in [0.1, 0.15) is 6.61 Å². The number of carbonyl (C=O) groups is 1. The van der Waals surface area contributed by atoms with E-state index in [0.29, 0.717) is 13.2 Å². The van der Waals surface area contributed by atoms with Gasteiger partial charge in [0.15, 0.2) is 0 Å². The van der Waals surface area contributed by atoms with Gasteiger partial charge in [0.05, 0.1) is 18.6 Å². The molecule has 0 aliphatic rings. The molecule has 4 nitrogen and oxygen atoms in total. The zero-order valence-corrected chi connectivity index (χ0v) is 10.2. The van der Waals surface area contributed by atoms with Crippen molar-refractivity contribution in [2.45, 2.75) is 52.2 Å². The van der Waals surface area contributed by atoms with Gasteiger partial charge in [-0.1, -0.05) is 6.92 Å². The van der Waals surface area contributed by atoms with Crippen molar-refractivity contribution >= 4 is 5.97 Å². The van der Waals surface area contributed by atoms with Crippen LogP contribution in [0.1, 0.15) is 40.5 Å². The topological polar surface area (TPSA) is 61.6 Å². The van der Waals surface area contributed by atoms with Crippen LogP contribution in [0, 0.1) is 0 Å². The highest BCUT2D eigenvalue weighted by atomic mass is 16.6. The summed E-state index contributed by atoms with van der Waals surface area (Å²) in [4.78, 5) is 11.2. The summed E-state index contributed by atoms with van der Waals surface area (Å²) < 4.78 is 10.4.